The van der Waals surface area contributed by atoms with Gasteiger partial charge in [-0.05, 0) is 32.4 Å². The summed E-state index contributed by atoms with van der Waals surface area (Å²) in [5.74, 6) is -0.448. The van der Waals surface area contributed by atoms with Gasteiger partial charge < -0.3 is 9.30 Å². The van der Waals surface area contributed by atoms with Gasteiger partial charge in [0.2, 0.25) is 0 Å². The number of esters is 1. The number of hydrogen-bond acceptors (Lipinski definition) is 3. The number of ether oxygens (including phenoxy) is 1. The maximum Gasteiger partial charge on any atom is 0.341 e. The molecule has 4 nitrogen and oxygen atoms in total. The molecule has 4 heteroatoms. The van der Waals surface area contributed by atoms with Crippen LogP contribution in [0, 0.1) is 25.2 Å². The number of nitrogens with zero attached hydrogens (tertiary/aromatic N) is 2. The first-order valence-corrected chi connectivity index (χ1v) is 6.84. The zero-order valence-corrected chi connectivity index (χ0v) is 12.5. The molecule has 0 N–H and O–H groups in total. The summed E-state index contributed by atoms with van der Waals surface area (Å²) in [6.07, 6.45) is -0.741. The van der Waals surface area contributed by atoms with E-state index in [2.05, 4.69) is 16.7 Å². The fourth-order valence-electron chi connectivity index (χ4n) is 2.27. The Morgan fingerprint density at radius 3 is 2.62 bits per heavy atom. The summed E-state index contributed by atoms with van der Waals surface area (Å²) in [6.45, 7) is 6.12. The van der Waals surface area contributed by atoms with Gasteiger partial charge in [0.05, 0.1) is 5.56 Å². The zero-order chi connectivity index (χ0) is 15.4. The summed E-state index contributed by atoms with van der Waals surface area (Å²) < 4.78 is 7.14. The molecule has 108 valence electrons. The Bertz CT molecular complexity index is 681. The molecule has 0 fully saturated rings. The van der Waals surface area contributed by atoms with E-state index >= 15 is 0 Å². The first-order chi connectivity index (χ1) is 10.0. The van der Waals surface area contributed by atoms with Gasteiger partial charge in [0.1, 0.15) is 6.07 Å². The minimum absolute atomic E-state index is 0.448. The van der Waals surface area contributed by atoms with Crippen molar-refractivity contribution in [1.29, 1.82) is 5.26 Å². The maximum atomic E-state index is 12.1. The molecule has 0 aliphatic heterocycles. The lowest BCUT2D eigenvalue weighted by molar-refractivity contribution is 0.0434. The Labute approximate surface area is 124 Å². The fraction of sp³-hybridized carbons (Fsp3) is 0.294. The van der Waals surface area contributed by atoms with E-state index in [4.69, 9.17) is 10.00 Å². The van der Waals surface area contributed by atoms with Crippen LogP contribution < -0.4 is 0 Å². The average molecular weight is 282 g/mol. The third-order valence-corrected chi connectivity index (χ3v) is 3.44. The smallest absolute Gasteiger partial charge is 0.341 e. The Morgan fingerprint density at radius 1 is 1.33 bits per heavy atom. The summed E-state index contributed by atoms with van der Waals surface area (Å²) >= 11 is 0. The Hall–Kier alpha value is -2.54. The van der Waals surface area contributed by atoms with Crippen LogP contribution in [-0.4, -0.2) is 16.6 Å². The van der Waals surface area contributed by atoms with Crippen molar-refractivity contribution in [1.82, 2.24) is 4.57 Å². The van der Waals surface area contributed by atoms with E-state index in [1.54, 1.807) is 6.92 Å². The topological polar surface area (TPSA) is 55.0 Å². The molecular weight excluding hydrogens is 264 g/mol. The molecular formula is C17H18N2O2. The van der Waals surface area contributed by atoms with Crippen molar-refractivity contribution in [3.05, 3.63) is 58.9 Å². The van der Waals surface area contributed by atoms with Gasteiger partial charge in [0.25, 0.3) is 0 Å². The predicted molar refractivity (Wildman–Crippen MR) is 79.9 cm³/mol. The van der Waals surface area contributed by atoms with Crippen LogP contribution in [0.25, 0.3) is 0 Å². The fourth-order valence-corrected chi connectivity index (χ4v) is 2.27. The standard InChI is InChI=1S/C17H18N2O2/c1-12-9-16(17(20)21-13(2)10-18)14(3)19(12)11-15-7-5-4-6-8-15/h4-9,13H,11H2,1-3H3/t13-/m1/s1. The molecule has 1 atom stereocenters. The Balaban J connectivity index is 2.26. The highest BCUT2D eigenvalue weighted by Crippen LogP contribution is 2.18. The molecule has 1 aromatic heterocycles. The summed E-state index contributed by atoms with van der Waals surface area (Å²) in [7, 11) is 0. The maximum absolute atomic E-state index is 12.1. The number of hydrogen-bond donors (Lipinski definition) is 0. The van der Waals surface area contributed by atoms with Gasteiger partial charge in [0, 0.05) is 17.9 Å². The molecule has 0 unspecified atom stereocenters. The van der Waals surface area contributed by atoms with Crippen LogP contribution in [-0.2, 0) is 11.3 Å². The van der Waals surface area contributed by atoms with Crippen molar-refractivity contribution in [2.24, 2.45) is 0 Å². The van der Waals surface area contributed by atoms with E-state index in [9.17, 15) is 4.79 Å². The van der Waals surface area contributed by atoms with Gasteiger partial charge in [-0.15, -0.1) is 0 Å². The second kappa shape index (κ2) is 6.27. The van der Waals surface area contributed by atoms with Crippen LogP contribution in [0.3, 0.4) is 0 Å². The molecule has 0 aliphatic rings. The Morgan fingerprint density at radius 2 is 2.00 bits per heavy atom. The van der Waals surface area contributed by atoms with E-state index in [1.165, 1.54) is 5.56 Å². The number of aromatic nitrogens is 1. The largest absolute Gasteiger partial charge is 0.444 e. The predicted octanol–water partition coefficient (Wildman–Crippen LogP) is 3.22. The third kappa shape index (κ3) is 3.32. The van der Waals surface area contributed by atoms with Crippen molar-refractivity contribution >= 4 is 5.97 Å². The average Bonchev–Trinajstić information content (AvgIpc) is 2.76. The van der Waals surface area contributed by atoms with Crippen molar-refractivity contribution in [2.45, 2.75) is 33.4 Å². The highest BCUT2D eigenvalue weighted by atomic mass is 16.5. The van der Waals surface area contributed by atoms with Crippen LogP contribution in [0.2, 0.25) is 0 Å². The van der Waals surface area contributed by atoms with E-state index in [0.29, 0.717) is 12.1 Å². The SMILES string of the molecule is Cc1cc(C(=O)O[C@H](C)C#N)c(C)n1Cc1ccccc1. The molecule has 0 radical (unpaired) electrons. The van der Waals surface area contributed by atoms with E-state index in [1.807, 2.05) is 44.2 Å². The highest BCUT2D eigenvalue weighted by molar-refractivity contribution is 5.91. The molecule has 1 heterocycles. The monoisotopic (exact) mass is 282 g/mol. The first-order valence-electron chi connectivity index (χ1n) is 6.84. The molecule has 0 aliphatic carbocycles. The molecule has 0 bridgehead atoms. The Kier molecular flexibility index (Phi) is 4.44. The van der Waals surface area contributed by atoms with Crippen LogP contribution in [0.4, 0.5) is 0 Å². The second-order valence-electron chi connectivity index (χ2n) is 5.03. The minimum Gasteiger partial charge on any atom is -0.444 e. The van der Waals surface area contributed by atoms with Gasteiger partial charge in [0.15, 0.2) is 6.10 Å². The van der Waals surface area contributed by atoms with Crippen molar-refractivity contribution in [2.75, 3.05) is 0 Å². The van der Waals surface area contributed by atoms with Crippen LogP contribution in [0.1, 0.15) is 34.2 Å². The van der Waals surface area contributed by atoms with E-state index in [0.717, 1.165) is 11.4 Å². The number of benzene rings is 1. The van der Waals surface area contributed by atoms with Crippen molar-refractivity contribution < 1.29 is 9.53 Å². The minimum atomic E-state index is -0.741. The molecule has 0 amide bonds. The van der Waals surface area contributed by atoms with Gasteiger partial charge in [-0.25, -0.2) is 4.79 Å². The molecule has 1 aromatic carbocycles. The molecule has 0 saturated carbocycles. The number of carbonyl (C=O) groups excluding carboxylic acids is 1. The van der Waals surface area contributed by atoms with Crippen LogP contribution in [0.15, 0.2) is 36.4 Å². The van der Waals surface area contributed by atoms with E-state index in [-0.39, 0.29) is 0 Å². The van der Waals surface area contributed by atoms with Gasteiger partial charge in [-0.2, -0.15) is 5.26 Å². The number of carbonyl (C=O) groups is 1. The third-order valence-electron chi connectivity index (χ3n) is 3.44. The zero-order valence-electron chi connectivity index (χ0n) is 12.5. The number of rotatable bonds is 4. The van der Waals surface area contributed by atoms with Gasteiger partial charge >= 0.3 is 5.97 Å². The molecule has 0 saturated heterocycles. The van der Waals surface area contributed by atoms with Gasteiger partial charge in [-0.3, -0.25) is 0 Å². The summed E-state index contributed by atoms with van der Waals surface area (Å²) in [4.78, 5) is 12.1. The number of nitriles is 1. The number of aryl methyl sites for hydroxylation is 1. The van der Waals surface area contributed by atoms with Gasteiger partial charge in [-0.1, -0.05) is 30.3 Å². The molecule has 2 rings (SSSR count). The van der Waals surface area contributed by atoms with E-state index < -0.39 is 12.1 Å². The molecule has 2 aromatic rings. The first kappa shape index (κ1) is 14.9. The summed E-state index contributed by atoms with van der Waals surface area (Å²) in [5.41, 5.74) is 3.54. The second-order valence-corrected chi connectivity index (χ2v) is 5.03. The molecule has 21 heavy (non-hydrogen) atoms. The normalized spacial score (nSPS) is 11.7. The summed E-state index contributed by atoms with van der Waals surface area (Å²) in [6, 6.07) is 13.8. The molecule has 0 spiro atoms. The lowest BCUT2D eigenvalue weighted by Crippen LogP contribution is -2.14. The van der Waals surface area contributed by atoms with Crippen molar-refractivity contribution in [3.63, 3.8) is 0 Å². The van der Waals surface area contributed by atoms with Crippen LogP contribution in [0.5, 0.6) is 0 Å². The highest BCUT2D eigenvalue weighted by Gasteiger charge is 2.18. The quantitative estimate of drug-likeness (QED) is 0.809. The lowest BCUT2D eigenvalue weighted by atomic mass is 10.2. The summed E-state index contributed by atoms with van der Waals surface area (Å²) in [5, 5.41) is 8.72. The van der Waals surface area contributed by atoms with Crippen molar-refractivity contribution in [3.8, 4) is 6.07 Å². The van der Waals surface area contributed by atoms with Crippen LogP contribution >= 0.6 is 0 Å². The lowest BCUT2D eigenvalue weighted by Gasteiger charge is -2.10.